The van der Waals surface area contributed by atoms with Crippen LogP contribution in [0.1, 0.15) is 26.2 Å². The molecule has 0 spiro atoms. The Kier molecular flexibility index (Phi) is 9.32. The second-order valence-electron chi connectivity index (χ2n) is 7.09. The molecule has 152 valence electrons. The molecule has 2 aromatic carbocycles. The minimum Gasteiger partial charge on any atom is -0.492 e. The molecule has 0 atom stereocenters. The number of amides is 1. The van der Waals surface area contributed by atoms with Gasteiger partial charge in [-0.3, -0.25) is 4.79 Å². The third kappa shape index (κ3) is 6.25. The molecule has 0 saturated carbocycles. The first-order valence-corrected chi connectivity index (χ1v) is 10.0. The second-order valence-corrected chi connectivity index (χ2v) is 7.09. The summed E-state index contributed by atoms with van der Waals surface area (Å²) in [5.74, 6) is 1.73. The average Bonchev–Trinajstić information content (AvgIpc) is 2.73. The van der Waals surface area contributed by atoms with E-state index >= 15 is 0 Å². The van der Waals surface area contributed by atoms with Gasteiger partial charge in [0, 0.05) is 18.7 Å². The number of ether oxygens (including phenoxy) is 1. The number of nitrogens with zero attached hydrogens (tertiary/aromatic N) is 1. The third-order valence-corrected chi connectivity index (χ3v) is 5.20. The number of carbonyl (C=O) groups excluding carboxylic acids is 1. The number of piperidine rings is 1. The van der Waals surface area contributed by atoms with Gasteiger partial charge in [0.05, 0.1) is 13.0 Å². The topological polar surface area (TPSA) is 41.6 Å². The maximum absolute atomic E-state index is 12.5. The van der Waals surface area contributed by atoms with Gasteiger partial charge in [0.15, 0.2) is 0 Å². The number of halogens is 1. The van der Waals surface area contributed by atoms with Gasteiger partial charge in [-0.1, -0.05) is 55.5 Å². The predicted molar refractivity (Wildman–Crippen MR) is 117 cm³/mol. The largest absolute Gasteiger partial charge is 0.492 e. The summed E-state index contributed by atoms with van der Waals surface area (Å²) in [5, 5.41) is 3.41. The molecule has 28 heavy (non-hydrogen) atoms. The maximum Gasteiger partial charge on any atom is 0.225 e. The van der Waals surface area contributed by atoms with E-state index in [2.05, 4.69) is 30.4 Å². The molecule has 0 radical (unpaired) electrons. The molecule has 1 aliphatic heterocycles. The molecule has 3 rings (SSSR count). The van der Waals surface area contributed by atoms with Gasteiger partial charge in [0.25, 0.3) is 0 Å². The summed E-state index contributed by atoms with van der Waals surface area (Å²) in [6.07, 6.45) is 2.62. The Morgan fingerprint density at radius 1 is 1.07 bits per heavy atom. The summed E-state index contributed by atoms with van der Waals surface area (Å²) < 4.78 is 5.97. The molecular weight excluding hydrogens is 372 g/mol. The van der Waals surface area contributed by atoms with Gasteiger partial charge in [0.1, 0.15) is 5.75 Å². The summed E-state index contributed by atoms with van der Waals surface area (Å²) >= 11 is 0. The molecule has 0 aliphatic carbocycles. The van der Waals surface area contributed by atoms with Gasteiger partial charge in [-0.05, 0) is 43.5 Å². The number of benzene rings is 2. The highest BCUT2D eigenvalue weighted by Gasteiger charge is 2.22. The zero-order chi connectivity index (χ0) is 18.9. The average molecular weight is 403 g/mol. The van der Waals surface area contributed by atoms with Crippen molar-refractivity contribution >= 4 is 18.3 Å². The minimum absolute atomic E-state index is 0. The highest BCUT2D eigenvalue weighted by molar-refractivity contribution is 5.85. The van der Waals surface area contributed by atoms with Crippen molar-refractivity contribution < 1.29 is 9.53 Å². The Bertz CT molecular complexity index is 716. The number of para-hydroxylation sites is 1. The van der Waals surface area contributed by atoms with Crippen LogP contribution < -0.4 is 10.1 Å². The molecule has 4 nitrogen and oxygen atoms in total. The van der Waals surface area contributed by atoms with E-state index < -0.39 is 0 Å². The van der Waals surface area contributed by atoms with Crippen LogP contribution in [0, 0.1) is 5.92 Å². The second kappa shape index (κ2) is 11.7. The van der Waals surface area contributed by atoms with Crippen molar-refractivity contribution in [1.82, 2.24) is 10.2 Å². The summed E-state index contributed by atoms with van der Waals surface area (Å²) in [4.78, 5) is 14.5. The fraction of sp³-hybridized carbons (Fsp3) is 0.435. The molecular formula is C23H31ClN2O2. The standard InChI is InChI=1S/C23H30N2O2.ClH/c1-2-24-18-19-12-15-25(16-13-19)23(26)14-17-27-22-11-7-6-10-21(22)20-8-4-3-5-9-20;/h3-11,19,24H,2,12-18H2,1H3;1H. The fourth-order valence-electron chi connectivity index (χ4n) is 3.59. The zero-order valence-electron chi connectivity index (χ0n) is 16.6. The van der Waals surface area contributed by atoms with E-state index in [0.717, 1.165) is 55.9 Å². The van der Waals surface area contributed by atoms with E-state index in [1.54, 1.807) is 0 Å². The highest BCUT2D eigenvalue weighted by atomic mass is 35.5. The van der Waals surface area contributed by atoms with Crippen LogP contribution >= 0.6 is 12.4 Å². The normalized spacial score (nSPS) is 14.4. The lowest BCUT2D eigenvalue weighted by molar-refractivity contribution is -0.133. The van der Waals surface area contributed by atoms with Crippen LogP contribution in [0.5, 0.6) is 5.75 Å². The van der Waals surface area contributed by atoms with Gasteiger partial charge >= 0.3 is 0 Å². The molecule has 2 aromatic rings. The van der Waals surface area contributed by atoms with Crippen LogP contribution in [-0.2, 0) is 4.79 Å². The monoisotopic (exact) mass is 402 g/mol. The van der Waals surface area contributed by atoms with Crippen molar-refractivity contribution in [3.63, 3.8) is 0 Å². The Morgan fingerprint density at radius 2 is 1.75 bits per heavy atom. The molecule has 1 amide bonds. The third-order valence-electron chi connectivity index (χ3n) is 5.20. The van der Waals surface area contributed by atoms with Crippen molar-refractivity contribution in [3.05, 3.63) is 54.6 Å². The van der Waals surface area contributed by atoms with Gasteiger partial charge in [-0.25, -0.2) is 0 Å². The lowest BCUT2D eigenvalue weighted by Gasteiger charge is -2.32. The smallest absolute Gasteiger partial charge is 0.225 e. The molecule has 1 fully saturated rings. The van der Waals surface area contributed by atoms with Crippen LogP contribution in [0.3, 0.4) is 0 Å². The first kappa shape index (κ1) is 22.3. The van der Waals surface area contributed by atoms with Gasteiger partial charge in [-0.15, -0.1) is 12.4 Å². The van der Waals surface area contributed by atoms with Crippen molar-refractivity contribution in [1.29, 1.82) is 0 Å². The van der Waals surface area contributed by atoms with Gasteiger partial charge in [-0.2, -0.15) is 0 Å². The molecule has 0 bridgehead atoms. The Morgan fingerprint density at radius 3 is 2.46 bits per heavy atom. The SMILES string of the molecule is CCNCC1CCN(C(=O)CCOc2ccccc2-c2ccccc2)CC1.Cl. The number of nitrogens with one attached hydrogen (secondary N) is 1. The molecule has 5 heteroatoms. The van der Waals surface area contributed by atoms with Gasteiger partial charge < -0.3 is 15.0 Å². The summed E-state index contributed by atoms with van der Waals surface area (Å²) in [7, 11) is 0. The molecule has 0 aromatic heterocycles. The van der Waals surface area contributed by atoms with E-state index in [-0.39, 0.29) is 18.3 Å². The number of hydrogen-bond donors (Lipinski definition) is 1. The molecule has 0 unspecified atom stereocenters. The number of hydrogen-bond acceptors (Lipinski definition) is 3. The first-order chi connectivity index (χ1) is 13.3. The number of likely N-dealkylation sites (tertiary alicyclic amines) is 1. The zero-order valence-corrected chi connectivity index (χ0v) is 17.4. The molecule has 1 heterocycles. The first-order valence-electron chi connectivity index (χ1n) is 10.0. The lowest BCUT2D eigenvalue weighted by Crippen LogP contribution is -2.41. The Labute approximate surface area is 174 Å². The van der Waals surface area contributed by atoms with Crippen molar-refractivity contribution in [2.24, 2.45) is 5.92 Å². The Hall–Kier alpha value is -2.04. The highest BCUT2D eigenvalue weighted by Crippen LogP contribution is 2.29. The van der Waals surface area contributed by atoms with Crippen LogP contribution in [0.4, 0.5) is 0 Å². The van der Waals surface area contributed by atoms with Crippen LogP contribution in [0.25, 0.3) is 11.1 Å². The van der Waals surface area contributed by atoms with E-state index in [0.29, 0.717) is 18.9 Å². The van der Waals surface area contributed by atoms with E-state index in [1.165, 1.54) is 0 Å². The van der Waals surface area contributed by atoms with Crippen LogP contribution in [0.15, 0.2) is 54.6 Å². The van der Waals surface area contributed by atoms with E-state index in [1.807, 2.05) is 41.3 Å². The van der Waals surface area contributed by atoms with Crippen LogP contribution in [-0.4, -0.2) is 43.6 Å². The van der Waals surface area contributed by atoms with E-state index in [4.69, 9.17) is 4.74 Å². The Balaban J connectivity index is 0.00000280. The number of rotatable bonds is 8. The van der Waals surface area contributed by atoms with E-state index in [9.17, 15) is 4.79 Å². The van der Waals surface area contributed by atoms with Crippen molar-refractivity contribution in [2.75, 3.05) is 32.8 Å². The van der Waals surface area contributed by atoms with Crippen molar-refractivity contribution in [2.45, 2.75) is 26.2 Å². The summed E-state index contributed by atoms with van der Waals surface area (Å²) in [6, 6.07) is 18.2. The van der Waals surface area contributed by atoms with Crippen LogP contribution in [0.2, 0.25) is 0 Å². The fourth-order valence-corrected chi connectivity index (χ4v) is 3.59. The summed E-state index contributed by atoms with van der Waals surface area (Å²) in [6.45, 7) is 6.37. The minimum atomic E-state index is 0. The van der Waals surface area contributed by atoms with Crippen molar-refractivity contribution in [3.8, 4) is 16.9 Å². The number of carbonyl (C=O) groups is 1. The maximum atomic E-state index is 12.5. The quantitative estimate of drug-likeness (QED) is 0.711. The molecule has 1 aliphatic rings. The molecule has 1 saturated heterocycles. The molecule has 1 N–H and O–H groups in total. The van der Waals surface area contributed by atoms with Gasteiger partial charge in [0.2, 0.25) is 5.91 Å². The summed E-state index contributed by atoms with van der Waals surface area (Å²) in [5.41, 5.74) is 2.19. The predicted octanol–water partition coefficient (Wildman–Crippen LogP) is 4.39. The lowest BCUT2D eigenvalue weighted by atomic mass is 9.96.